The number of hydrogen-bond donors (Lipinski definition) is 0. The summed E-state index contributed by atoms with van der Waals surface area (Å²) >= 11 is 0. The predicted molar refractivity (Wildman–Crippen MR) is 45.3 cm³/mol. The van der Waals surface area contributed by atoms with E-state index in [-0.39, 0.29) is 23.2 Å². The second-order valence-electron chi connectivity index (χ2n) is 2.47. The second-order valence-corrected chi connectivity index (χ2v) is 2.47. The third kappa shape index (κ3) is 1.15. The van der Waals surface area contributed by atoms with Gasteiger partial charge in [0.15, 0.2) is 0 Å². The Morgan fingerprint density at radius 1 is 1.08 bits per heavy atom. The molecule has 0 aromatic heterocycles. The lowest BCUT2D eigenvalue weighted by atomic mass is 9.99. The fourth-order valence-electron chi connectivity index (χ4n) is 0.911. The zero-order chi connectivity index (χ0) is 10.9. The molecule has 0 aliphatic heterocycles. The van der Waals surface area contributed by atoms with Crippen LogP contribution in [0, 0.1) is 36.5 Å². The molecule has 58 valence electrons. The molecule has 0 radical (unpaired) electrons. The maximum atomic E-state index is 8.78. The Hall–Kier alpha value is -1.80. The van der Waals surface area contributed by atoms with Gasteiger partial charge in [0.25, 0.3) is 0 Å². The summed E-state index contributed by atoms with van der Waals surface area (Å²) < 4.78 is 15.0. The first-order chi connectivity index (χ1) is 6.54. The highest BCUT2D eigenvalue weighted by molar-refractivity contribution is 5.49. The number of rotatable bonds is 0. The molecule has 2 nitrogen and oxygen atoms in total. The Kier molecular flexibility index (Phi) is 1.48. The summed E-state index contributed by atoms with van der Waals surface area (Å²) in [5.74, 6) is 0. The Balaban J connectivity index is 3.77. The van der Waals surface area contributed by atoms with Crippen molar-refractivity contribution in [3.63, 3.8) is 0 Å². The van der Waals surface area contributed by atoms with Crippen LogP contribution >= 0.6 is 0 Å². The minimum absolute atomic E-state index is 0.160. The summed E-state index contributed by atoms with van der Waals surface area (Å²) in [5, 5.41) is 17.6. The van der Waals surface area contributed by atoms with Crippen LogP contribution in [-0.4, -0.2) is 0 Å². The first kappa shape index (κ1) is 5.80. The van der Waals surface area contributed by atoms with E-state index in [2.05, 4.69) is 0 Å². The number of nitriles is 2. The highest BCUT2D eigenvalue weighted by Crippen LogP contribution is 2.15. The molecule has 2 heteroatoms. The Bertz CT molecular complexity index is 404. The van der Waals surface area contributed by atoms with Crippen LogP contribution in [-0.2, 0) is 0 Å². The molecular formula is C10H8N2. The smallest absolute Gasteiger partial charge is 0.0994 e. The van der Waals surface area contributed by atoms with Crippen molar-refractivity contribution >= 4 is 0 Å². The maximum absolute atomic E-state index is 8.78. The van der Waals surface area contributed by atoms with Crippen LogP contribution in [0.25, 0.3) is 0 Å². The molecule has 0 spiro atoms. The van der Waals surface area contributed by atoms with Crippen molar-refractivity contribution in [2.24, 2.45) is 0 Å². The normalized spacial score (nSPS) is 11.0. The molecule has 1 rings (SSSR count). The highest BCUT2D eigenvalue weighted by Gasteiger charge is 2.04. The first-order valence-corrected chi connectivity index (χ1v) is 3.45. The van der Waals surface area contributed by atoms with E-state index >= 15 is 0 Å². The molecule has 0 N–H and O–H groups in total. The predicted octanol–water partition coefficient (Wildman–Crippen LogP) is 2.05. The monoisotopic (exact) mass is 158 g/mol. The molecule has 0 fully saturated rings. The molecule has 0 bridgehead atoms. The fourth-order valence-corrected chi connectivity index (χ4v) is 0.911. The molecule has 0 unspecified atom stereocenters. The van der Waals surface area contributed by atoms with Gasteiger partial charge in [-0.1, -0.05) is 0 Å². The molecule has 0 atom stereocenters. The van der Waals surface area contributed by atoms with Crippen LogP contribution in [0.4, 0.5) is 0 Å². The Labute approximate surface area is 74.5 Å². The summed E-state index contributed by atoms with van der Waals surface area (Å²) in [7, 11) is 0. The van der Waals surface area contributed by atoms with Crippen molar-refractivity contribution in [1.82, 2.24) is 0 Å². The summed E-state index contributed by atoms with van der Waals surface area (Å²) in [6.45, 7) is 3.37. The van der Waals surface area contributed by atoms with Crippen molar-refractivity contribution in [2.75, 3.05) is 0 Å². The third-order valence-corrected chi connectivity index (χ3v) is 1.85. The summed E-state index contributed by atoms with van der Waals surface area (Å²) in [6.07, 6.45) is 0. The minimum atomic E-state index is -0.160. The SMILES string of the molecule is [2H]c1c([2H])c(C#N)c(C)c(C)c1C#N. The van der Waals surface area contributed by atoms with E-state index < -0.39 is 0 Å². The van der Waals surface area contributed by atoms with Crippen LogP contribution in [0.5, 0.6) is 0 Å². The molecule has 1 aromatic carbocycles. The average Bonchev–Trinajstić information content (AvgIpc) is 2.17. The van der Waals surface area contributed by atoms with E-state index in [1.54, 1.807) is 13.8 Å². The van der Waals surface area contributed by atoms with Crippen molar-refractivity contribution in [1.29, 1.82) is 10.5 Å². The molecule has 0 aliphatic rings. The van der Waals surface area contributed by atoms with E-state index in [0.29, 0.717) is 11.1 Å². The number of nitrogens with zero attached hydrogens (tertiary/aromatic N) is 2. The van der Waals surface area contributed by atoms with Gasteiger partial charge in [-0.15, -0.1) is 0 Å². The van der Waals surface area contributed by atoms with Crippen molar-refractivity contribution < 1.29 is 2.74 Å². The standard InChI is InChI=1S/C10H8N2/c1-7-8(2)10(6-12)4-3-9(7)5-11/h3-4H,1-2H3/i3D,4D. The van der Waals surface area contributed by atoms with Crippen molar-refractivity contribution in [2.45, 2.75) is 13.8 Å². The number of hydrogen-bond acceptors (Lipinski definition) is 2. The average molecular weight is 158 g/mol. The molecule has 0 amide bonds. The highest BCUT2D eigenvalue weighted by atomic mass is 14.3. The van der Waals surface area contributed by atoms with Gasteiger partial charge in [0.1, 0.15) is 0 Å². The topological polar surface area (TPSA) is 47.6 Å². The Morgan fingerprint density at radius 2 is 1.42 bits per heavy atom. The van der Waals surface area contributed by atoms with Crippen LogP contribution in [0.3, 0.4) is 0 Å². The van der Waals surface area contributed by atoms with Gasteiger partial charge < -0.3 is 0 Å². The molecule has 1 aromatic rings. The van der Waals surface area contributed by atoms with E-state index in [1.165, 1.54) is 0 Å². The largest absolute Gasteiger partial charge is 0.192 e. The zero-order valence-electron chi connectivity index (χ0n) is 8.89. The number of benzene rings is 1. The molecular weight excluding hydrogens is 148 g/mol. The summed E-state index contributed by atoms with van der Waals surface area (Å²) in [5.41, 5.74) is 1.60. The lowest BCUT2D eigenvalue weighted by Gasteiger charge is -2.02. The minimum Gasteiger partial charge on any atom is -0.192 e. The Morgan fingerprint density at radius 3 is 1.67 bits per heavy atom. The maximum Gasteiger partial charge on any atom is 0.0994 e. The van der Waals surface area contributed by atoms with Gasteiger partial charge in [-0.2, -0.15) is 10.5 Å². The zero-order valence-corrected chi connectivity index (χ0v) is 6.89. The lowest BCUT2D eigenvalue weighted by Crippen LogP contribution is -1.90. The third-order valence-electron chi connectivity index (χ3n) is 1.85. The first-order valence-electron chi connectivity index (χ1n) is 4.45. The molecule has 0 saturated carbocycles. The summed E-state index contributed by atoms with van der Waals surface area (Å²) in [4.78, 5) is 0. The van der Waals surface area contributed by atoms with Crippen LogP contribution < -0.4 is 0 Å². The van der Waals surface area contributed by atoms with Crippen LogP contribution in [0.15, 0.2) is 12.1 Å². The van der Waals surface area contributed by atoms with E-state index in [4.69, 9.17) is 13.3 Å². The van der Waals surface area contributed by atoms with Gasteiger partial charge in [0.05, 0.1) is 26.0 Å². The van der Waals surface area contributed by atoms with Gasteiger partial charge in [-0.05, 0) is 37.1 Å². The van der Waals surface area contributed by atoms with Crippen LogP contribution in [0.2, 0.25) is 0 Å². The van der Waals surface area contributed by atoms with Crippen molar-refractivity contribution in [3.8, 4) is 12.1 Å². The van der Waals surface area contributed by atoms with Gasteiger partial charge >= 0.3 is 0 Å². The quantitative estimate of drug-likeness (QED) is 0.580. The van der Waals surface area contributed by atoms with Gasteiger partial charge in [-0.3, -0.25) is 0 Å². The molecule has 0 heterocycles. The van der Waals surface area contributed by atoms with E-state index in [9.17, 15) is 0 Å². The van der Waals surface area contributed by atoms with E-state index in [0.717, 1.165) is 0 Å². The molecule has 0 aliphatic carbocycles. The van der Waals surface area contributed by atoms with E-state index in [1.807, 2.05) is 12.1 Å². The molecule has 0 saturated heterocycles. The fraction of sp³-hybridized carbons (Fsp3) is 0.200. The van der Waals surface area contributed by atoms with Gasteiger partial charge in [-0.25, -0.2) is 0 Å². The van der Waals surface area contributed by atoms with Gasteiger partial charge in [0.2, 0.25) is 0 Å². The summed E-state index contributed by atoms with van der Waals surface area (Å²) in [6, 6.07) is 3.44. The molecule has 12 heavy (non-hydrogen) atoms. The second kappa shape index (κ2) is 3.07. The van der Waals surface area contributed by atoms with Crippen LogP contribution in [0.1, 0.15) is 25.0 Å². The van der Waals surface area contributed by atoms with Gasteiger partial charge in [0, 0.05) is 0 Å². The van der Waals surface area contributed by atoms with Crippen molar-refractivity contribution in [3.05, 3.63) is 34.3 Å². The lowest BCUT2D eigenvalue weighted by molar-refractivity contribution is 1.28.